The quantitative estimate of drug-likeness (QED) is 0.790. The van der Waals surface area contributed by atoms with E-state index in [1.54, 1.807) is 0 Å². The molecule has 7 nitrogen and oxygen atoms in total. The van der Waals surface area contributed by atoms with E-state index in [1.807, 2.05) is 0 Å². The van der Waals surface area contributed by atoms with Crippen LogP contribution >= 0.6 is 0 Å². The number of carboxylic acids is 1. The van der Waals surface area contributed by atoms with E-state index in [4.69, 9.17) is 10.8 Å². The highest BCUT2D eigenvalue weighted by Gasteiger charge is 2.33. The van der Waals surface area contributed by atoms with Gasteiger partial charge in [-0.15, -0.1) is 0 Å². The summed E-state index contributed by atoms with van der Waals surface area (Å²) >= 11 is 0. The van der Waals surface area contributed by atoms with Crippen molar-refractivity contribution in [2.24, 2.45) is 18.7 Å². The highest BCUT2D eigenvalue weighted by molar-refractivity contribution is 7.89. The predicted octanol–water partition coefficient (Wildman–Crippen LogP) is -0.307. The van der Waals surface area contributed by atoms with Crippen molar-refractivity contribution in [3.63, 3.8) is 0 Å². The van der Waals surface area contributed by atoms with Crippen molar-refractivity contribution in [1.82, 2.24) is 8.87 Å². The van der Waals surface area contributed by atoms with Gasteiger partial charge in [0.2, 0.25) is 10.0 Å². The lowest BCUT2D eigenvalue weighted by molar-refractivity contribution is 0.0686. The van der Waals surface area contributed by atoms with Gasteiger partial charge in [-0.25, -0.2) is 13.2 Å². The number of aryl methyl sites for hydroxylation is 1. The summed E-state index contributed by atoms with van der Waals surface area (Å²) in [6, 6.07) is 1.19. The van der Waals surface area contributed by atoms with Gasteiger partial charge in [0.05, 0.1) is 0 Å². The van der Waals surface area contributed by atoms with Crippen LogP contribution in [-0.2, 0) is 17.1 Å². The first kappa shape index (κ1) is 14.0. The molecule has 8 heteroatoms. The first-order valence-corrected chi connectivity index (χ1v) is 7.40. The maximum atomic E-state index is 12.4. The molecular formula is C11H17N3O4S. The molecule has 3 N–H and O–H groups in total. The molecule has 0 aromatic carbocycles. The van der Waals surface area contributed by atoms with E-state index in [-0.39, 0.29) is 16.5 Å². The Morgan fingerprint density at radius 1 is 1.58 bits per heavy atom. The SMILES string of the molecule is Cn1cc(S(=O)(=O)N2CCC(CN)C2)cc1C(=O)O. The van der Waals surface area contributed by atoms with Crippen molar-refractivity contribution in [1.29, 1.82) is 0 Å². The lowest BCUT2D eigenvalue weighted by Crippen LogP contribution is -2.29. The molecule has 0 radical (unpaired) electrons. The highest BCUT2D eigenvalue weighted by Crippen LogP contribution is 2.24. The monoisotopic (exact) mass is 287 g/mol. The first-order chi connectivity index (χ1) is 8.86. The molecule has 2 heterocycles. The van der Waals surface area contributed by atoms with Crippen LogP contribution in [-0.4, -0.2) is 48.0 Å². The van der Waals surface area contributed by atoms with Gasteiger partial charge in [0.25, 0.3) is 0 Å². The lowest BCUT2D eigenvalue weighted by atomic mass is 10.1. The van der Waals surface area contributed by atoms with Gasteiger partial charge in [0.1, 0.15) is 10.6 Å². The molecule has 0 aliphatic carbocycles. The number of rotatable bonds is 4. The van der Waals surface area contributed by atoms with Gasteiger partial charge >= 0.3 is 5.97 Å². The number of hydrogen-bond acceptors (Lipinski definition) is 4. The Balaban J connectivity index is 2.30. The predicted molar refractivity (Wildman–Crippen MR) is 68.3 cm³/mol. The van der Waals surface area contributed by atoms with E-state index < -0.39 is 16.0 Å². The Hall–Kier alpha value is -1.38. The number of carbonyl (C=O) groups is 1. The van der Waals surface area contributed by atoms with Gasteiger partial charge in [-0.3, -0.25) is 0 Å². The van der Waals surface area contributed by atoms with Crippen LogP contribution in [0.3, 0.4) is 0 Å². The minimum Gasteiger partial charge on any atom is -0.477 e. The van der Waals surface area contributed by atoms with E-state index in [9.17, 15) is 13.2 Å². The Labute approximate surface area is 111 Å². The first-order valence-electron chi connectivity index (χ1n) is 5.96. The van der Waals surface area contributed by atoms with Crippen LogP contribution in [0.15, 0.2) is 17.2 Å². The van der Waals surface area contributed by atoms with Crippen molar-refractivity contribution < 1.29 is 18.3 Å². The van der Waals surface area contributed by atoms with Gasteiger partial charge in [-0.2, -0.15) is 4.31 Å². The fraction of sp³-hybridized carbons (Fsp3) is 0.545. The summed E-state index contributed by atoms with van der Waals surface area (Å²) in [4.78, 5) is 11.0. The molecule has 0 spiro atoms. The van der Waals surface area contributed by atoms with E-state index in [2.05, 4.69) is 0 Å². The van der Waals surface area contributed by atoms with Crippen molar-refractivity contribution in [3.05, 3.63) is 18.0 Å². The maximum absolute atomic E-state index is 12.4. The third-order valence-corrected chi connectivity index (χ3v) is 5.25. The second-order valence-corrected chi connectivity index (χ2v) is 6.67. The van der Waals surface area contributed by atoms with Crippen LogP contribution in [0.2, 0.25) is 0 Å². The third kappa shape index (κ3) is 2.51. The molecule has 0 bridgehead atoms. The Morgan fingerprint density at radius 3 is 2.74 bits per heavy atom. The largest absolute Gasteiger partial charge is 0.477 e. The van der Waals surface area contributed by atoms with Gasteiger partial charge in [0.15, 0.2) is 0 Å². The van der Waals surface area contributed by atoms with Gasteiger partial charge in [-0.05, 0) is 24.9 Å². The summed E-state index contributed by atoms with van der Waals surface area (Å²) in [6.07, 6.45) is 2.07. The van der Waals surface area contributed by atoms with Gasteiger partial charge in [-0.1, -0.05) is 0 Å². The minimum atomic E-state index is -3.62. The summed E-state index contributed by atoms with van der Waals surface area (Å²) < 4.78 is 27.4. The Kier molecular flexibility index (Phi) is 3.66. The minimum absolute atomic E-state index is 0.0186. The molecule has 1 saturated heterocycles. The molecule has 0 amide bonds. The van der Waals surface area contributed by atoms with E-state index in [1.165, 1.54) is 28.2 Å². The number of aromatic carboxylic acids is 1. The smallest absolute Gasteiger partial charge is 0.352 e. The fourth-order valence-corrected chi connectivity index (χ4v) is 3.85. The highest BCUT2D eigenvalue weighted by atomic mass is 32.2. The lowest BCUT2D eigenvalue weighted by Gasteiger charge is -2.15. The number of nitrogens with two attached hydrogens (primary N) is 1. The number of hydrogen-bond donors (Lipinski definition) is 2. The van der Waals surface area contributed by atoms with E-state index in [0.29, 0.717) is 19.6 Å². The summed E-state index contributed by atoms with van der Waals surface area (Å²) in [5, 5.41) is 8.94. The average Bonchev–Trinajstić information content (AvgIpc) is 2.95. The second kappa shape index (κ2) is 4.95. The number of carboxylic acid groups (broad SMARTS) is 1. The summed E-state index contributed by atoms with van der Waals surface area (Å²) in [5.41, 5.74) is 5.49. The molecule has 1 aliphatic heterocycles. The molecule has 19 heavy (non-hydrogen) atoms. The summed E-state index contributed by atoms with van der Waals surface area (Å²) in [6.45, 7) is 1.29. The number of sulfonamides is 1. The standard InChI is InChI=1S/C11H17N3O4S/c1-13-7-9(4-10(13)11(15)16)19(17,18)14-3-2-8(5-12)6-14/h4,7-8H,2-3,5-6,12H2,1H3,(H,15,16). The molecule has 1 aromatic heterocycles. The van der Waals surface area contributed by atoms with E-state index >= 15 is 0 Å². The molecule has 1 unspecified atom stereocenters. The fourth-order valence-electron chi connectivity index (χ4n) is 2.24. The van der Waals surface area contributed by atoms with Crippen LogP contribution < -0.4 is 5.73 Å². The zero-order valence-electron chi connectivity index (χ0n) is 10.6. The third-order valence-electron chi connectivity index (χ3n) is 3.42. The number of nitrogens with zero attached hydrogens (tertiary/aromatic N) is 2. The molecule has 0 saturated carbocycles. The van der Waals surface area contributed by atoms with Crippen LogP contribution in [0, 0.1) is 5.92 Å². The van der Waals surface area contributed by atoms with Crippen molar-refractivity contribution >= 4 is 16.0 Å². The normalized spacial score (nSPS) is 20.8. The molecule has 1 fully saturated rings. The molecule has 1 aromatic rings. The van der Waals surface area contributed by atoms with Crippen molar-refractivity contribution in [2.45, 2.75) is 11.3 Å². The van der Waals surface area contributed by atoms with Crippen LogP contribution in [0.1, 0.15) is 16.9 Å². The van der Waals surface area contributed by atoms with Crippen LogP contribution in [0.4, 0.5) is 0 Å². The van der Waals surface area contributed by atoms with Gasteiger partial charge in [0, 0.05) is 26.3 Å². The second-order valence-electron chi connectivity index (χ2n) is 4.73. The van der Waals surface area contributed by atoms with Crippen LogP contribution in [0.25, 0.3) is 0 Å². The molecular weight excluding hydrogens is 270 g/mol. The van der Waals surface area contributed by atoms with E-state index in [0.717, 1.165) is 6.42 Å². The van der Waals surface area contributed by atoms with Crippen LogP contribution in [0.5, 0.6) is 0 Å². The maximum Gasteiger partial charge on any atom is 0.352 e. The number of aromatic nitrogens is 1. The summed E-state index contributed by atoms with van der Waals surface area (Å²) in [5.74, 6) is -0.970. The topological polar surface area (TPSA) is 106 Å². The van der Waals surface area contributed by atoms with Crippen molar-refractivity contribution in [2.75, 3.05) is 19.6 Å². The zero-order valence-corrected chi connectivity index (χ0v) is 11.4. The van der Waals surface area contributed by atoms with Gasteiger partial charge < -0.3 is 15.4 Å². The summed E-state index contributed by atoms with van der Waals surface area (Å²) in [7, 11) is -2.11. The Morgan fingerprint density at radius 2 is 2.26 bits per heavy atom. The average molecular weight is 287 g/mol. The zero-order chi connectivity index (χ0) is 14.2. The Bertz CT molecular complexity index is 593. The molecule has 106 valence electrons. The van der Waals surface area contributed by atoms with Crippen molar-refractivity contribution in [3.8, 4) is 0 Å². The molecule has 2 rings (SSSR count). The molecule has 1 aliphatic rings. The molecule has 1 atom stereocenters.